The lowest BCUT2D eigenvalue weighted by atomic mass is 10.1. The van der Waals surface area contributed by atoms with Gasteiger partial charge in [-0.15, -0.1) is 24.0 Å². The topological polar surface area (TPSA) is 67.8 Å². The Morgan fingerprint density at radius 3 is 2.41 bits per heavy atom. The van der Waals surface area contributed by atoms with Gasteiger partial charge < -0.3 is 20.1 Å². The van der Waals surface area contributed by atoms with Gasteiger partial charge in [-0.05, 0) is 25.0 Å². The first-order valence-electron chi connectivity index (χ1n) is 8.85. The summed E-state index contributed by atoms with van der Waals surface area (Å²) in [7, 11) is 1.65. The summed E-state index contributed by atoms with van der Waals surface area (Å²) in [4.78, 5) is 8.90. The molecule has 0 fully saturated rings. The molecular weight excluding hydrogens is 455 g/mol. The van der Waals surface area contributed by atoms with E-state index >= 15 is 0 Å². The molecule has 0 aliphatic carbocycles. The first-order chi connectivity index (χ1) is 12.7. The van der Waals surface area contributed by atoms with Crippen LogP contribution in [0.15, 0.2) is 47.6 Å². The van der Waals surface area contributed by atoms with E-state index in [0.717, 1.165) is 24.6 Å². The van der Waals surface area contributed by atoms with E-state index in [9.17, 15) is 0 Å². The van der Waals surface area contributed by atoms with Gasteiger partial charge in [0.1, 0.15) is 6.61 Å². The van der Waals surface area contributed by atoms with Crippen molar-refractivity contribution >= 4 is 29.9 Å². The number of benzene rings is 1. The second-order valence-corrected chi connectivity index (χ2v) is 5.88. The molecule has 0 bridgehead atoms. The van der Waals surface area contributed by atoms with Crippen molar-refractivity contribution < 1.29 is 9.47 Å². The standard InChI is InChI=1S/C20H28N4O2.HI/c1-4-21-20(23-13-17-7-5-16(2)6-8-17)24-15-18-9-10-19(22-14-18)26-12-11-25-3;/h5-10,14H,4,11-13,15H2,1-3H3,(H2,21,23,24);1H. The van der Waals surface area contributed by atoms with Crippen molar-refractivity contribution in [3.63, 3.8) is 0 Å². The van der Waals surface area contributed by atoms with E-state index in [2.05, 4.69) is 58.7 Å². The Bertz CT molecular complexity index is 675. The van der Waals surface area contributed by atoms with Crippen molar-refractivity contribution in [2.75, 3.05) is 26.9 Å². The number of rotatable bonds is 9. The zero-order valence-corrected chi connectivity index (χ0v) is 18.5. The van der Waals surface area contributed by atoms with Crippen LogP contribution in [0, 0.1) is 6.92 Å². The maximum absolute atomic E-state index is 5.46. The van der Waals surface area contributed by atoms with Crippen molar-refractivity contribution in [3.8, 4) is 5.88 Å². The quantitative estimate of drug-likeness (QED) is 0.248. The van der Waals surface area contributed by atoms with E-state index in [1.54, 1.807) is 13.3 Å². The average Bonchev–Trinajstić information content (AvgIpc) is 2.66. The Balaban J connectivity index is 0.00000364. The molecule has 27 heavy (non-hydrogen) atoms. The molecule has 7 heteroatoms. The fourth-order valence-electron chi connectivity index (χ4n) is 2.22. The number of halogens is 1. The highest BCUT2D eigenvalue weighted by molar-refractivity contribution is 14.0. The van der Waals surface area contributed by atoms with Gasteiger partial charge in [-0.2, -0.15) is 0 Å². The molecule has 1 heterocycles. The summed E-state index contributed by atoms with van der Waals surface area (Å²) >= 11 is 0. The van der Waals surface area contributed by atoms with E-state index < -0.39 is 0 Å². The number of hydrogen-bond acceptors (Lipinski definition) is 4. The van der Waals surface area contributed by atoms with Gasteiger partial charge in [0.05, 0.1) is 13.2 Å². The van der Waals surface area contributed by atoms with Crippen LogP contribution in [0.3, 0.4) is 0 Å². The zero-order chi connectivity index (χ0) is 18.6. The first kappa shape index (κ1) is 23.2. The molecule has 1 aromatic carbocycles. The van der Waals surface area contributed by atoms with E-state index in [0.29, 0.717) is 25.6 Å². The predicted molar refractivity (Wildman–Crippen MR) is 120 cm³/mol. The van der Waals surface area contributed by atoms with Crippen LogP contribution in [0.5, 0.6) is 5.88 Å². The summed E-state index contributed by atoms with van der Waals surface area (Å²) < 4.78 is 10.4. The van der Waals surface area contributed by atoms with Crippen LogP contribution in [0.1, 0.15) is 23.6 Å². The van der Waals surface area contributed by atoms with Crippen molar-refractivity contribution in [2.45, 2.75) is 26.9 Å². The van der Waals surface area contributed by atoms with Crippen molar-refractivity contribution in [1.29, 1.82) is 0 Å². The van der Waals surface area contributed by atoms with E-state index in [-0.39, 0.29) is 24.0 Å². The normalized spacial score (nSPS) is 10.9. The third-order valence-corrected chi connectivity index (χ3v) is 3.68. The molecule has 1 aromatic heterocycles. The maximum atomic E-state index is 5.46. The first-order valence-corrected chi connectivity index (χ1v) is 8.85. The molecule has 148 valence electrons. The number of nitrogens with zero attached hydrogens (tertiary/aromatic N) is 2. The molecule has 0 amide bonds. The second kappa shape index (κ2) is 13.3. The van der Waals surface area contributed by atoms with E-state index in [4.69, 9.17) is 9.47 Å². The van der Waals surface area contributed by atoms with E-state index in [1.807, 2.05) is 12.1 Å². The summed E-state index contributed by atoms with van der Waals surface area (Å²) in [6, 6.07) is 12.3. The largest absolute Gasteiger partial charge is 0.475 e. The minimum absolute atomic E-state index is 0. The summed E-state index contributed by atoms with van der Waals surface area (Å²) in [6.07, 6.45) is 1.79. The van der Waals surface area contributed by atoms with Gasteiger partial charge in [-0.1, -0.05) is 35.9 Å². The van der Waals surface area contributed by atoms with Gasteiger partial charge in [0, 0.05) is 32.5 Å². The van der Waals surface area contributed by atoms with Crippen LogP contribution in [0.25, 0.3) is 0 Å². The molecule has 0 aliphatic rings. The van der Waals surface area contributed by atoms with Crippen molar-refractivity contribution in [3.05, 3.63) is 59.3 Å². The second-order valence-electron chi connectivity index (χ2n) is 5.88. The molecule has 0 aliphatic heterocycles. The lowest BCUT2D eigenvalue weighted by Gasteiger charge is -2.11. The minimum Gasteiger partial charge on any atom is -0.475 e. The Morgan fingerprint density at radius 2 is 1.78 bits per heavy atom. The highest BCUT2D eigenvalue weighted by Crippen LogP contribution is 2.08. The molecule has 0 spiro atoms. The fourth-order valence-corrected chi connectivity index (χ4v) is 2.22. The van der Waals surface area contributed by atoms with Crippen LogP contribution in [0.4, 0.5) is 0 Å². The number of methoxy groups -OCH3 is 1. The summed E-state index contributed by atoms with van der Waals surface area (Å²) in [5, 5.41) is 6.61. The van der Waals surface area contributed by atoms with Gasteiger partial charge in [0.2, 0.25) is 5.88 Å². The van der Waals surface area contributed by atoms with Gasteiger partial charge >= 0.3 is 0 Å². The highest BCUT2D eigenvalue weighted by Gasteiger charge is 2.00. The zero-order valence-electron chi connectivity index (χ0n) is 16.2. The summed E-state index contributed by atoms with van der Waals surface area (Å²) in [5.41, 5.74) is 3.51. The Labute approximate surface area is 178 Å². The molecule has 6 nitrogen and oxygen atoms in total. The lowest BCUT2D eigenvalue weighted by Crippen LogP contribution is -2.36. The van der Waals surface area contributed by atoms with Gasteiger partial charge in [-0.3, -0.25) is 0 Å². The number of nitrogens with one attached hydrogen (secondary N) is 2. The molecule has 0 unspecified atom stereocenters. The van der Waals surface area contributed by atoms with Crippen molar-refractivity contribution in [1.82, 2.24) is 15.6 Å². The number of pyridine rings is 1. The number of guanidine groups is 1. The van der Waals surface area contributed by atoms with Crippen LogP contribution in [-0.4, -0.2) is 37.8 Å². The SMILES string of the molecule is CCNC(=NCc1ccc(OCCOC)nc1)NCc1ccc(C)cc1.I. The molecule has 0 saturated carbocycles. The summed E-state index contributed by atoms with van der Waals surface area (Å²) in [6.45, 7) is 7.28. The van der Waals surface area contributed by atoms with E-state index in [1.165, 1.54) is 11.1 Å². The van der Waals surface area contributed by atoms with Crippen LogP contribution < -0.4 is 15.4 Å². The minimum atomic E-state index is 0. The molecule has 2 aromatic rings. The molecule has 2 rings (SSSR count). The predicted octanol–water partition coefficient (Wildman–Crippen LogP) is 3.29. The maximum Gasteiger partial charge on any atom is 0.213 e. The van der Waals surface area contributed by atoms with Crippen LogP contribution in [-0.2, 0) is 17.8 Å². The average molecular weight is 484 g/mol. The highest BCUT2D eigenvalue weighted by atomic mass is 127. The number of aromatic nitrogens is 1. The third kappa shape index (κ3) is 9.05. The monoisotopic (exact) mass is 484 g/mol. The third-order valence-electron chi connectivity index (χ3n) is 3.68. The van der Waals surface area contributed by atoms with Gasteiger partial charge in [-0.25, -0.2) is 9.98 Å². The summed E-state index contributed by atoms with van der Waals surface area (Å²) in [5.74, 6) is 1.38. The molecule has 2 N–H and O–H groups in total. The van der Waals surface area contributed by atoms with Crippen LogP contribution in [0.2, 0.25) is 0 Å². The Hall–Kier alpha value is -1.87. The van der Waals surface area contributed by atoms with Crippen molar-refractivity contribution in [2.24, 2.45) is 4.99 Å². The Morgan fingerprint density at radius 1 is 1.04 bits per heavy atom. The number of ether oxygens (including phenoxy) is 2. The Kier molecular flexibility index (Phi) is 11.4. The molecular formula is C20H29IN4O2. The van der Waals surface area contributed by atoms with Gasteiger partial charge in [0.15, 0.2) is 5.96 Å². The van der Waals surface area contributed by atoms with Gasteiger partial charge in [0.25, 0.3) is 0 Å². The molecule has 0 atom stereocenters. The molecule has 0 saturated heterocycles. The lowest BCUT2D eigenvalue weighted by molar-refractivity contribution is 0.143. The fraction of sp³-hybridized carbons (Fsp3) is 0.400. The molecule has 0 radical (unpaired) electrons. The smallest absolute Gasteiger partial charge is 0.213 e. The number of aryl methyl sites for hydroxylation is 1. The number of hydrogen-bond donors (Lipinski definition) is 2. The van der Waals surface area contributed by atoms with Crippen LogP contribution >= 0.6 is 24.0 Å². The number of aliphatic imine (C=N–C) groups is 1.